The van der Waals surface area contributed by atoms with Gasteiger partial charge in [0.1, 0.15) is 0 Å². The summed E-state index contributed by atoms with van der Waals surface area (Å²) >= 11 is 0. The van der Waals surface area contributed by atoms with Crippen molar-refractivity contribution in [3.63, 3.8) is 0 Å². The number of nitrogens with zero attached hydrogens (tertiary/aromatic N) is 2. The van der Waals surface area contributed by atoms with Crippen LogP contribution in [-0.2, 0) is 11.3 Å². The van der Waals surface area contributed by atoms with E-state index in [1.54, 1.807) is 0 Å². The van der Waals surface area contributed by atoms with Crippen molar-refractivity contribution in [2.45, 2.75) is 25.9 Å². The molecule has 6 heteroatoms. The lowest BCUT2D eigenvalue weighted by atomic mass is 10.1. The van der Waals surface area contributed by atoms with E-state index in [9.17, 15) is 0 Å². The largest absolute Gasteiger partial charge is 0.378 e. The van der Waals surface area contributed by atoms with Gasteiger partial charge < -0.3 is 20.3 Å². The van der Waals surface area contributed by atoms with E-state index in [-0.39, 0.29) is 24.0 Å². The lowest BCUT2D eigenvalue weighted by Gasteiger charge is -2.30. The molecule has 0 radical (unpaired) electrons. The lowest BCUT2D eigenvalue weighted by molar-refractivity contribution is 0.122. The van der Waals surface area contributed by atoms with E-state index in [1.165, 1.54) is 17.7 Å². The second-order valence-corrected chi connectivity index (χ2v) is 6.12. The monoisotopic (exact) mass is 430 g/mol. The van der Waals surface area contributed by atoms with Crippen LogP contribution in [-0.4, -0.2) is 45.4 Å². The van der Waals surface area contributed by atoms with Crippen LogP contribution in [0.15, 0.2) is 29.3 Å². The van der Waals surface area contributed by atoms with Gasteiger partial charge in [-0.15, -0.1) is 24.0 Å². The number of morpholine rings is 1. The van der Waals surface area contributed by atoms with Crippen LogP contribution in [0.4, 0.5) is 5.69 Å². The molecule has 0 spiro atoms. The normalized spacial score (nSPS) is 23.9. The summed E-state index contributed by atoms with van der Waals surface area (Å²) < 4.78 is 5.45. The summed E-state index contributed by atoms with van der Waals surface area (Å²) in [7, 11) is 1.83. The smallest absolute Gasteiger partial charge is 0.191 e. The fourth-order valence-corrected chi connectivity index (χ4v) is 2.85. The first-order valence-corrected chi connectivity index (χ1v) is 8.15. The number of benzene rings is 1. The van der Waals surface area contributed by atoms with Gasteiger partial charge in [-0.05, 0) is 24.0 Å². The minimum Gasteiger partial charge on any atom is -0.378 e. The Morgan fingerprint density at radius 1 is 1.30 bits per heavy atom. The van der Waals surface area contributed by atoms with Crippen molar-refractivity contribution in [1.29, 1.82) is 0 Å². The molecule has 3 rings (SSSR count). The van der Waals surface area contributed by atoms with Gasteiger partial charge in [0.25, 0.3) is 0 Å². The second-order valence-electron chi connectivity index (χ2n) is 6.12. The van der Waals surface area contributed by atoms with Gasteiger partial charge >= 0.3 is 0 Å². The molecule has 2 N–H and O–H groups in total. The minimum atomic E-state index is 0. The number of guanidine groups is 1. The SMILES string of the molecule is CN=C(NCc1ccccc1N1CCOCC1)NC1CC1C.I. The molecule has 1 aliphatic heterocycles. The van der Waals surface area contributed by atoms with E-state index >= 15 is 0 Å². The highest BCUT2D eigenvalue weighted by Gasteiger charge is 2.33. The molecule has 1 aromatic rings. The number of nitrogens with one attached hydrogen (secondary N) is 2. The number of anilines is 1. The third-order valence-corrected chi connectivity index (χ3v) is 4.44. The highest BCUT2D eigenvalue weighted by Crippen LogP contribution is 2.28. The van der Waals surface area contributed by atoms with Crippen molar-refractivity contribution in [3.05, 3.63) is 29.8 Å². The highest BCUT2D eigenvalue weighted by atomic mass is 127. The molecule has 2 unspecified atom stereocenters. The van der Waals surface area contributed by atoms with Crippen molar-refractivity contribution in [3.8, 4) is 0 Å². The summed E-state index contributed by atoms with van der Waals surface area (Å²) in [5, 5.41) is 6.90. The van der Waals surface area contributed by atoms with Crippen LogP contribution in [0.3, 0.4) is 0 Å². The molecule has 2 atom stereocenters. The van der Waals surface area contributed by atoms with Gasteiger partial charge in [0.15, 0.2) is 5.96 Å². The van der Waals surface area contributed by atoms with Crippen molar-refractivity contribution in [1.82, 2.24) is 10.6 Å². The fraction of sp³-hybridized carbons (Fsp3) is 0.588. The Bertz CT molecular complexity index is 531. The maximum absolute atomic E-state index is 5.45. The molecule has 1 saturated carbocycles. The molecular weight excluding hydrogens is 403 g/mol. The number of halogens is 1. The van der Waals surface area contributed by atoms with Crippen LogP contribution in [0.1, 0.15) is 18.9 Å². The van der Waals surface area contributed by atoms with Crippen LogP contribution in [0, 0.1) is 5.92 Å². The van der Waals surface area contributed by atoms with Crippen LogP contribution in [0.5, 0.6) is 0 Å². The van der Waals surface area contributed by atoms with Crippen LogP contribution in [0.25, 0.3) is 0 Å². The maximum atomic E-state index is 5.45. The number of hydrogen-bond acceptors (Lipinski definition) is 3. The van der Waals surface area contributed by atoms with Gasteiger partial charge in [0, 0.05) is 38.4 Å². The average Bonchev–Trinajstić information content (AvgIpc) is 3.27. The van der Waals surface area contributed by atoms with Gasteiger partial charge in [-0.2, -0.15) is 0 Å². The van der Waals surface area contributed by atoms with Gasteiger partial charge in [-0.3, -0.25) is 4.99 Å². The summed E-state index contributed by atoms with van der Waals surface area (Å²) in [6.45, 7) is 6.59. The van der Waals surface area contributed by atoms with E-state index in [4.69, 9.17) is 4.74 Å². The van der Waals surface area contributed by atoms with Crippen LogP contribution < -0.4 is 15.5 Å². The summed E-state index contributed by atoms with van der Waals surface area (Å²) in [5.74, 6) is 1.66. The Labute approximate surface area is 155 Å². The summed E-state index contributed by atoms with van der Waals surface area (Å²) in [6.07, 6.45) is 1.24. The van der Waals surface area contributed by atoms with E-state index in [0.29, 0.717) is 6.04 Å². The van der Waals surface area contributed by atoms with E-state index in [1.807, 2.05) is 7.05 Å². The molecule has 0 amide bonds. The summed E-state index contributed by atoms with van der Waals surface area (Å²) in [6, 6.07) is 9.17. The predicted molar refractivity (Wildman–Crippen MR) is 106 cm³/mol. The first-order chi connectivity index (χ1) is 10.8. The van der Waals surface area contributed by atoms with Crippen LogP contribution >= 0.6 is 24.0 Å². The first-order valence-electron chi connectivity index (χ1n) is 8.15. The van der Waals surface area contributed by atoms with Crippen molar-refractivity contribution < 1.29 is 4.74 Å². The number of rotatable bonds is 4. The number of ether oxygens (including phenoxy) is 1. The van der Waals surface area contributed by atoms with E-state index in [0.717, 1.165) is 44.7 Å². The topological polar surface area (TPSA) is 48.9 Å². The van der Waals surface area contributed by atoms with Gasteiger partial charge in [0.05, 0.1) is 13.2 Å². The van der Waals surface area contributed by atoms with Crippen LogP contribution in [0.2, 0.25) is 0 Å². The predicted octanol–water partition coefficient (Wildman–Crippen LogP) is 2.21. The van der Waals surface area contributed by atoms with Gasteiger partial charge in [-0.25, -0.2) is 0 Å². The zero-order valence-corrected chi connectivity index (χ0v) is 16.2. The number of hydrogen-bond donors (Lipinski definition) is 2. The van der Waals surface area contributed by atoms with Crippen molar-refractivity contribution in [2.75, 3.05) is 38.3 Å². The lowest BCUT2D eigenvalue weighted by Crippen LogP contribution is -2.40. The quantitative estimate of drug-likeness (QED) is 0.437. The van der Waals surface area contributed by atoms with Crippen molar-refractivity contribution >= 4 is 35.6 Å². The van der Waals surface area contributed by atoms with Gasteiger partial charge in [-0.1, -0.05) is 25.1 Å². The molecule has 1 saturated heterocycles. The Hall–Kier alpha value is -1.02. The zero-order chi connectivity index (χ0) is 15.4. The van der Waals surface area contributed by atoms with Crippen molar-refractivity contribution in [2.24, 2.45) is 10.9 Å². The highest BCUT2D eigenvalue weighted by molar-refractivity contribution is 14.0. The van der Waals surface area contributed by atoms with E-state index < -0.39 is 0 Å². The molecule has 1 aliphatic carbocycles. The summed E-state index contributed by atoms with van der Waals surface area (Å²) in [4.78, 5) is 6.72. The third-order valence-electron chi connectivity index (χ3n) is 4.44. The average molecular weight is 430 g/mol. The molecule has 1 aromatic carbocycles. The Kier molecular flexibility index (Phi) is 6.95. The molecule has 0 aromatic heterocycles. The maximum Gasteiger partial charge on any atom is 0.191 e. The van der Waals surface area contributed by atoms with E-state index in [2.05, 4.69) is 51.7 Å². The Morgan fingerprint density at radius 2 is 2.00 bits per heavy atom. The third kappa shape index (κ3) is 4.97. The molecule has 5 nitrogen and oxygen atoms in total. The standard InChI is InChI=1S/C17H26N4O.HI/c1-13-11-15(13)20-17(18-2)19-12-14-5-3-4-6-16(14)21-7-9-22-10-8-21;/h3-6,13,15H,7-12H2,1-2H3,(H2,18,19,20);1H. The Balaban J connectivity index is 0.00000192. The molecule has 1 heterocycles. The zero-order valence-electron chi connectivity index (χ0n) is 13.9. The van der Waals surface area contributed by atoms with Gasteiger partial charge in [0.2, 0.25) is 0 Å². The Morgan fingerprint density at radius 3 is 2.65 bits per heavy atom. The molecule has 0 bridgehead atoms. The second kappa shape index (κ2) is 8.73. The first kappa shape index (κ1) is 18.3. The molecule has 2 aliphatic rings. The fourth-order valence-electron chi connectivity index (χ4n) is 2.85. The molecule has 128 valence electrons. The summed E-state index contributed by atoms with van der Waals surface area (Å²) in [5.41, 5.74) is 2.60. The molecular formula is C17H27IN4O. The number of para-hydroxylation sites is 1. The minimum absolute atomic E-state index is 0. The molecule has 2 fully saturated rings. The number of aliphatic imine (C=N–C) groups is 1. The molecule has 23 heavy (non-hydrogen) atoms.